The largest absolute Gasteiger partial charge is 0.379 e. The van der Waals surface area contributed by atoms with Crippen LogP contribution in [0.25, 0.3) is 0 Å². The van der Waals surface area contributed by atoms with Gasteiger partial charge in [-0.2, -0.15) is 0 Å². The van der Waals surface area contributed by atoms with E-state index in [9.17, 15) is 0 Å². The number of fused-ring (bicyclic) bond motifs is 1. The number of hydrogen-bond donors (Lipinski definition) is 1. The van der Waals surface area contributed by atoms with E-state index < -0.39 is 0 Å². The molecule has 1 N–H and O–H groups in total. The average molecular weight is 284 g/mol. The highest BCUT2D eigenvalue weighted by atomic mass is 16.5. The lowest BCUT2D eigenvalue weighted by Crippen LogP contribution is -2.11. The first kappa shape index (κ1) is 14.2. The minimum absolute atomic E-state index is 0.198. The summed E-state index contributed by atoms with van der Waals surface area (Å²) in [5, 5.41) is 7.69. The van der Waals surface area contributed by atoms with Crippen LogP contribution in [-0.2, 0) is 24.8 Å². The Bertz CT molecular complexity index is 605. The van der Waals surface area contributed by atoms with Crippen molar-refractivity contribution in [1.29, 1.82) is 0 Å². The van der Waals surface area contributed by atoms with Crippen LogP contribution in [-0.4, -0.2) is 5.16 Å². The van der Waals surface area contributed by atoms with E-state index in [0.717, 1.165) is 36.5 Å². The van der Waals surface area contributed by atoms with Gasteiger partial charge in [-0.05, 0) is 42.4 Å². The number of nitrogens with one attached hydrogen (secondary N) is 1. The number of anilines is 1. The molecule has 0 saturated carbocycles. The zero-order valence-electron chi connectivity index (χ0n) is 13.2. The lowest BCUT2D eigenvalue weighted by atomic mass is 9.87. The van der Waals surface area contributed by atoms with Gasteiger partial charge in [0.1, 0.15) is 11.5 Å². The Kier molecular flexibility index (Phi) is 3.75. The third kappa shape index (κ3) is 3.12. The molecule has 0 spiro atoms. The van der Waals surface area contributed by atoms with E-state index >= 15 is 0 Å². The zero-order chi connectivity index (χ0) is 14.9. The molecule has 0 bridgehead atoms. The van der Waals surface area contributed by atoms with E-state index in [0.29, 0.717) is 0 Å². The molecule has 2 aromatic rings. The third-order valence-electron chi connectivity index (χ3n) is 4.24. The van der Waals surface area contributed by atoms with Crippen LogP contribution in [0.5, 0.6) is 0 Å². The predicted molar refractivity (Wildman–Crippen MR) is 85.6 cm³/mol. The maximum Gasteiger partial charge on any atom is 0.140 e. The molecule has 0 unspecified atom stereocenters. The molecule has 0 fully saturated rings. The van der Waals surface area contributed by atoms with Crippen LogP contribution in [0.3, 0.4) is 0 Å². The van der Waals surface area contributed by atoms with E-state index in [-0.39, 0.29) is 5.41 Å². The summed E-state index contributed by atoms with van der Waals surface area (Å²) >= 11 is 0. The molecule has 112 valence electrons. The van der Waals surface area contributed by atoms with Gasteiger partial charge in [-0.3, -0.25) is 0 Å². The summed E-state index contributed by atoms with van der Waals surface area (Å²) in [6.45, 7) is 7.44. The summed E-state index contributed by atoms with van der Waals surface area (Å²) in [5.74, 6) is 1.10. The van der Waals surface area contributed by atoms with Crippen LogP contribution in [0.2, 0.25) is 0 Å². The van der Waals surface area contributed by atoms with Gasteiger partial charge in [-0.25, -0.2) is 0 Å². The Balaban J connectivity index is 1.66. The van der Waals surface area contributed by atoms with Crippen molar-refractivity contribution in [2.75, 3.05) is 5.32 Å². The molecule has 0 amide bonds. The van der Waals surface area contributed by atoms with Gasteiger partial charge in [0.15, 0.2) is 0 Å². The van der Waals surface area contributed by atoms with Crippen LogP contribution in [0.4, 0.5) is 5.69 Å². The molecule has 1 aromatic carbocycles. The van der Waals surface area contributed by atoms with Gasteiger partial charge in [0.2, 0.25) is 0 Å². The van der Waals surface area contributed by atoms with Gasteiger partial charge in [0, 0.05) is 17.7 Å². The summed E-state index contributed by atoms with van der Waals surface area (Å²) in [5.41, 5.74) is 5.09. The van der Waals surface area contributed by atoms with Crippen LogP contribution < -0.4 is 5.32 Å². The molecular formula is C18H24N2O. The van der Waals surface area contributed by atoms with Crippen LogP contribution in [0, 0.1) is 0 Å². The molecule has 3 rings (SSSR count). The lowest BCUT2D eigenvalue weighted by molar-refractivity contribution is 0.368. The van der Waals surface area contributed by atoms with Crippen molar-refractivity contribution in [3.63, 3.8) is 0 Å². The molecular weight excluding hydrogens is 260 g/mol. The molecule has 1 heterocycles. The molecule has 0 atom stereocenters. The minimum atomic E-state index is 0.198. The third-order valence-corrected chi connectivity index (χ3v) is 4.24. The molecule has 0 saturated heterocycles. The van der Waals surface area contributed by atoms with Crippen molar-refractivity contribution in [3.8, 4) is 0 Å². The summed E-state index contributed by atoms with van der Waals surface area (Å²) in [4.78, 5) is 0. The van der Waals surface area contributed by atoms with Crippen molar-refractivity contribution in [2.24, 2.45) is 0 Å². The Morgan fingerprint density at radius 3 is 2.52 bits per heavy atom. The Morgan fingerprint density at radius 1 is 1.10 bits per heavy atom. The number of aryl methyl sites for hydroxylation is 1. The summed E-state index contributed by atoms with van der Waals surface area (Å²) < 4.78 is 5.45. The Hall–Kier alpha value is -1.77. The summed E-state index contributed by atoms with van der Waals surface area (Å²) in [6.07, 6.45) is 4.63. The highest BCUT2D eigenvalue weighted by molar-refractivity contribution is 5.46. The van der Waals surface area contributed by atoms with Gasteiger partial charge < -0.3 is 9.84 Å². The summed E-state index contributed by atoms with van der Waals surface area (Å²) in [7, 11) is 0. The number of benzene rings is 1. The first-order valence-electron chi connectivity index (χ1n) is 7.85. The predicted octanol–water partition coefficient (Wildman–Crippen LogP) is 4.46. The minimum Gasteiger partial charge on any atom is -0.379 e. The van der Waals surface area contributed by atoms with Gasteiger partial charge >= 0.3 is 0 Å². The molecule has 0 aliphatic heterocycles. The van der Waals surface area contributed by atoms with Crippen LogP contribution in [0.1, 0.15) is 56.2 Å². The summed E-state index contributed by atoms with van der Waals surface area (Å²) in [6, 6.07) is 8.68. The smallest absolute Gasteiger partial charge is 0.140 e. The van der Waals surface area contributed by atoms with E-state index in [1.165, 1.54) is 24.0 Å². The van der Waals surface area contributed by atoms with Gasteiger partial charge in [-0.1, -0.05) is 38.1 Å². The lowest BCUT2D eigenvalue weighted by Gasteiger charge is -2.19. The maximum atomic E-state index is 5.45. The van der Waals surface area contributed by atoms with E-state index in [4.69, 9.17) is 4.52 Å². The number of aromatic nitrogens is 1. The van der Waals surface area contributed by atoms with E-state index in [2.05, 4.69) is 55.5 Å². The number of hydrogen-bond acceptors (Lipinski definition) is 3. The SMILES string of the molecule is CC(C)(C)c1ccc(NCc2noc3c2CCCC3)cc1. The standard InChI is InChI=1S/C18H24N2O/c1-18(2,3)13-8-10-14(11-9-13)19-12-16-15-6-4-5-7-17(15)21-20-16/h8-11,19H,4-7,12H2,1-3H3. The zero-order valence-corrected chi connectivity index (χ0v) is 13.2. The fourth-order valence-electron chi connectivity index (χ4n) is 2.86. The van der Waals surface area contributed by atoms with Crippen molar-refractivity contribution in [1.82, 2.24) is 5.16 Å². The van der Waals surface area contributed by atoms with Crippen molar-refractivity contribution in [2.45, 2.75) is 58.4 Å². The second-order valence-electron chi connectivity index (χ2n) is 6.92. The first-order valence-corrected chi connectivity index (χ1v) is 7.85. The number of nitrogens with zero attached hydrogens (tertiary/aromatic N) is 1. The maximum absolute atomic E-state index is 5.45. The molecule has 1 aromatic heterocycles. The fraction of sp³-hybridized carbons (Fsp3) is 0.500. The van der Waals surface area contributed by atoms with Crippen LogP contribution in [0.15, 0.2) is 28.8 Å². The van der Waals surface area contributed by atoms with Crippen molar-refractivity contribution >= 4 is 5.69 Å². The van der Waals surface area contributed by atoms with E-state index in [1.54, 1.807) is 0 Å². The number of rotatable bonds is 3. The van der Waals surface area contributed by atoms with Crippen molar-refractivity contribution < 1.29 is 4.52 Å². The molecule has 1 aliphatic carbocycles. The van der Waals surface area contributed by atoms with Gasteiger partial charge in [0.05, 0.1) is 6.54 Å². The van der Waals surface area contributed by atoms with E-state index in [1.807, 2.05) is 0 Å². The normalized spacial score (nSPS) is 14.8. The second-order valence-corrected chi connectivity index (χ2v) is 6.92. The second kappa shape index (κ2) is 5.55. The molecule has 1 aliphatic rings. The molecule has 3 heteroatoms. The van der Waals surface area contributed by atoms with Gasteiger partial charge in [0.25, 0.3) is 0 Å². The average Bonchev–Trinajstić information content (AvgIpc) is 2.88. The highest BCUT2D eigenvalue weighted by Gasteiger charge is 2.19. The molecule has 0 radical (unpaired) electrons. The van der Waals surface area contributed by atoms with Crippen LogP contribution >= 0.6 is 0 Å². The van der Waals surface area contributed by atoms with Gasteiger partial charge in [-0.15, -0.1) is 0 Å². The quantitative estimate of drug-likeness (QED) is 0.904. The topological polar surface area (TPSA) is 38.1 Å². The fourth-order valence-corrected chi connectivity index (χ4v) is 2.86. The molecule has 3 nitrogen and oxygen atoms in total. The van der Waals surface area contributed by atoms with Crippen molar-refractivity contribution in [3.05, 3.63) is 46.8 Å². The Labute approximate surface area is 126 Å². The molecule has 21 heavy (non-hydrogen) atoms. The Morgan fingerprint density at radius 2 is 1.81 bits per heavy atom. The highest BCUT2D eigenvalue weighted by Crippen LogP contribution is 2.26. The monoisotopic (exact) mass is 284 g/mol. The first-order chi connectivity index (χ1) is 10.0.